The zero-order valence-electron chi connectivity index (χ0n) is 9.82. The number of aromatic nitrogens is 1. The maximum atomic E-state index is 12.6. The Morgan fingerprint density at radius 2 is 1.74 bits per heavy atom. The number of benzene rings is 2. The molecular weight excluding hydrogens is 282 g/mol. The van der Waals surface area contributed by atoms with Crippen LogP contribution < -0.4 is 0 Å². The van der Waals surface area contributed by atoms with Crippen LogP contribution in [0.1, 0.15) is 0 Å². The highest BCUT2D eigenvalue weighted by Gasteiger charge is 2.18. The molecule has 0 unspecified atom stereocenters. The molecule has 3 aromatic rings. The molecule has 0 N–H and O–H groups in total. The molecule has 3 rings (SSSR count). The predicted molar refractivity (Wildman–Crippen MR) is 76.0 cm³/mol. The van der Waals surface area contributed by atoms with Crippen molar-refractivity contribution in [3.8, 4) is 0 Å². The summed E-state index contributed by atoms with van der Waals surface area (Å²) in [4.78, 5) is 0.182. The Hall–Kier alpha value is -1.78. The quantitative estimate of drug-likeness (QED) is 0.724. The molecule has 2 aromatic carbocycles. The molecule has 0 saturated carbocycles. The lowest BCUT2D eigenvalue weighted by Gasteiger charge is -2.07. The minimum absolute atomic E-state index is 0.182. The fourth-order valence-corrected chi connectivity index (χ4v) is 3.66. The van der Waals surface area contributed by atoms with Crippen LogP contribution in [0.2, 0.25) is 5.02 Å². The summed E-state index contributed by atoms with van der Waals surface area (Å²) in [6, 6.07) is 15.4. The van der Waals surface area contributed by atoms with Crippen molar-refractivity contribution >= 4 is 32.5 Å². The molecule has 0 aliphatic heterocycles. The highest BCUT2D eigenvalue weighted by Crippen LogP contribution is 2.23. The number of hydrogen-bond acceptors (Lipinski definition) is 2. The minimum Gasteiger partial charge on any atom is -0.241 e. The number of fused-ring (bicyclic) bond motifs is 1. The Kier molecular flexibility index (Phi) is 2.84. The van der Waals surface area contributed by atoms with Gasteiger partial charge in [-0.3, -0.25) is 0 Å². The molecule has 1 aromatic heterocycles. The van der Waals surface area contributed by atoms with Crippen molar-refractivity contribution in [3.63, 3.8) is 0 Å². The molecular formula is C14H10ClNO2S. The van der Waals surface area contributed by atoms with Gasteiger partial charge in [0.05, 0.1) is 10.4 Å². The van der Waals surface area contributed by atoms with E-state index in [0.29, 0.717) is 10.5 Å². The van der Waals surface area contributed by atoms with Crippen molar-refractivity contribution in [2.45, 2.75) is 4.90 Å². The fraction of sp³-hybridized carbons (Fsp3) is 0. The van der Waals surface area contributed by atoms with Crippen molar-refractivity contribution < 1.29 is 8.42 Å². The summed E-state index contributed by atoms with van der Waals surface area (Å²) in [5.41, 5.74) is 0.655. The van der Waals surface area contributed by atoms with Gasteiger partial charge in [0.25, 0.3) is 10.0 Å². The van der Waals surface area contributed by atoms with Crippen LogP contribution in [0.5, 0.6) is 0 Å². The normalized spacial score (nSPS) is 11.8. The maximum Gasteiger partial charge on any atom is 0.268 e. The maximum absolute atomic E-state index is 12.6. The van der Waals surface area contributed by atoms with Gasteiger partial charge >= 0.3 is 0 Å². The molecule has 0 aliphatic carbocycles. The second-order valence-corrected chi connectivity index (χ2v) is 6.38. The molecule has 1 heterocycles. The highest BCUT2D eigenvalue weighted by molar-refractivity contribution is 7.90. The molecule has 0 bridgehead atoms. The number of halogens is 1. The summed E-state index contributed by atoms with van der Waals surface area (Å²) >= 11 is 5.86. The van der Waals surface area contributed by atoms with Gasteiger partial charge in [-0.05, 0) is 30.3 Å². The first kappa shape index (κ1) is 12.3. The van der Waals surface area contributed by atoms with E-state index in [1.54, 1.807) is 30.5 Å². The molecule has 3 nitrogen and oxygen atoms in total. The zero-order valence-corrected chi connectivity index (χ0v) is 11.4. The molecule has 0 spiro atoms. The van der Waals surface area contributed by atoms with E-state index in [0.717, 1.165) is 5.39 Å². The second kappa shape index (κ2) is 4.40. The minimum atomic E-state index is -3.61. The third kappa shape index (κ3) is 2.03. The lowest BCUT2D eigenvalue weighted by atomic mass is 10.3. The zero-order chi connectivity index (χ0) is 13.5. The molecule has 0 amide bonds. The van der Waals surface area contributed by atoms with E-state index >= 15 is 0 Å². The first-order valence-electron chi connectivity index (χ1n) is 5.66. The van der Waals surface area contributed by atoms with Crippen LogP contribution in [0.4, 0.5) is 0 Å². The largest absolute Gasteiger partial charge is 0.268 e. The van der Waals surface area contributed by atoms with E-state index in [-0.39, 0.29) is 4.90 Å². The third-order valence-electron chi connectivity index (χ3n) is 2.92. The van der Waals surface area contributed by atoms with Gasteiger partial charge in [0.1, 0.15) is 0 Å². The smallest absolute Gasteiger partial charge is 0.241 e. The molecule has 0 saturated heterocycles. The Morgan fingerprint density at radius 3 is 2.53 bits per heavy atom. The van der Waals surface area contributed by atoms with Gasteiger partial charge in [-0.15, -0.1) is 0 Å². The van der Waals surface area contributed by atoms with Crippen LogP contribution in [-0.2, 0) is 10.0 Å². The van der Waals surface area contributed by atoms with Gasteiger partial charge in [-0.1, -0.05) is 35.9 Å². The van der Waals surface area contributed by atoms with Gasteiger partial charge in [0.2, 0.25) is 0 Å². The molecule has 0 fully saturated rings. The van der Waals surface area contributed by atoms with Crippen molar-refractivity contribution in [2.24, 2.45) is 0 Å². The summed E-state index contributed by atoms with van der Waals surface area (Å²) in [7, 11) is -3.61. The van der Waals surface area contributed by atoms with Gasteiger partial charge in [-0.2, -0.15) is 0 Å². The molecule has 19 heavy (non-hydrogen) atoms. The summed E-state index contributed by atoms with van der Waals surface area (Å²) < 4.78 is 26.4. The van der Waals surface area contributed by atoms with E-state index in [4.69, 9.17) is 11.6 Å². The topological polar surface area (TPSA) is 39.1 Å². The van der Waals surface area contributed by atoms with Gasteiger partial charge in [0.15, 0.2) is 0 Å². The van der Waals surface area contributed by atoms with Crippen LogP contribution in [0.15, 0.2) is 65.7 Å². The number of para-hydroxylation sites is 1. The average Bonchev–Trinajstić information content (AvgIpc) is 2.83. The Labute approximate surface area is 116 Å². The molecule has 0 radical (unpaired) electrons. The number of rotatable bonds is 2. The van der Waals surface area contributed by atoms with Crippen LogP contribution >= 0.6 is 11.6 Å². The van der Waals surface area contributed by atoms with Crippen LogP contribution in [0, 0.1) is 0 Å². The van der Waals surface area contributed by atoms with Crippen molar-refractivity contribution in [3.05, 3.63) is 65.8 Å². The summed E-state index contributed by atoms with van der Waals surface area (Å²) in [5.74, 6) is 0. The van der Waals surface area contributed by atoms with Crippen LogP contribution in [0.3, 0.4) is 0 Å². The predicted octanol–water partition coefficient (Wildman–Crippen LogP) is 3.53. The van der Waals surface area contributed by atoms with Crippen molar-refractivity contribution in [1.82, 2.24) is 3.97 Å². The summed E-state index contributed by atoms with van der Waals surface area (Å²) in [5, 5.41) is 1.28. The summed E-state index contributed by atoms with van der Waals surface area (Å²) in [6.07, 6.45) is 1.56. The van der Waals surface area contributed by atoms with Crippen LogP contribution in [-0.4, -0.2) is 12.4 Å². The van der Waals surface area contributed by atoms with Gasteiger partial charge < -0.3 is 0 Å². The van der Waals surface area contributed by atoms with Crippen molar-refractivity contribution in [1.29, 1.82) is 0 Å². The number of hydrogen-bond donors (Lipinski definition) is 0. The van der Waals surface area contributed by atoms with Crippen molar-refractivity contribution in [2.75, 3.05) is 0 Å². The lowest BCUT2D eigenvalue weighted by molar-refractivity contribution is 0.589. The third-order valence-corrected chi connectivity index (χ3v) is 4.84. The monoisotopic (exact) mass is 291 g/mol. The molecule has 96 valence electrons. The number of nitrogens with zero attached hydrogens (tertiary/aromatic N) is 1. The fourth-order valence-electron chi connectivity index (χ4n) is 2.01. The molecule has 5 heteroatoms. The second-order valence-electron chi connectivity index (χ2n) is 4.13. The SMILES string of the molecule is O=S(=O)(c1cccc(Cl)c1)n1ccc2ccccc21. The van der Waals surface area contributed by atoms with E-state index < -0.39 is 10.0 Å². The first-order valence-corrected chi connectivity index (χ1v) is 7.48. The van der Waals surface area contributed by atoms with Gasteiger partial charge in [0, 0.05) is 16.6 Å². The molecule has 0 aliphatic rings. The van der Waals surface area contributed by atoms with E-state index in [1.165, 1.54) is 16.1 Å². The lowest BCUT2D eigenvalue weighted by Crippen LogP contribution is -2.11. The van der Waals surface area contributed by atoms with E-state index in [9.17, 15) is 8.42 Å². The Bertz CT molecular complexity index is 853. The van der Waals surface area contributed by atoms with Gasteiger partial charge in [-0.25, -0.2) is 12.4 Å². The average molecular weight is 292 g/mol. The first-order chi connectivity index (χ1) is 9.09. The molecule has 0 atom stereocenters. The summed E-state index contributed by atoms with van der Waals surface area (Å²) in [6.45, 7) is 0. The Balaban J connectivity index is 2.26. The highest BCUT2D eigenvalue weighted by atomic mass is 35.5. The van der Waals surface area contributed by atoms with Crippen LogP contribution in [0.25, 0.3) is 10.9 Å². The Morgan fingerprint density at radius 1 is 0.947 bits per heavy atom. The van der Waals surface area contributed by atoms with E-state index in [2.05, 4.69) is 0 Å². The standard InChI is InChI=1S/C14H10ClNO2S/c15-12-5-3-6-13(10-12)19(17,18)16-9-8-11-4-1-2-7-14(11)16/h1-10H. The van der Waals surface area contributed by atoms with E-state index in [1.807, 2.05) is 18.2 Å².